The third kappa shape index (κ3) is 6.00. The van der Waals surface area contributed by atoms with Gasteiger partial charge < -0.3 is 24.8 Å². The normalized spacial score (nSPS) is 14.1. The molecule has 0 atom stereocenters. The first-order valence-electron chi connectivity index (χ1n) is 9.32. The number of aryl methyl sites for hydroxylation is 1. The largest absolute Gasteiger partial charge is 2.00 e. The number of allylic oxidation sites excluding steroid dienone is 4. The van der Waals surface area contributed by atoms with E-state index in [-0.39, 0.29) is 56.4 Å². The van der Waals surface area contributed by atoms with E-state index >= 15 is 0 Å². The van der Waals surface area contributed by atoms with E-state index < -0.39 is 0 Å². The van der Waals surface area contributed by atoms with E-state index in [1.807, 2.05) is 0 Å². The maximum Gasteiger partial charge on any atom is 2.00 e. The minimum absolute atomic E-state index is 0. The van der Waals surface area contributed by atoms with Crippen LogP contribution >= 0.6 is 0 Å². The summed E-state index contributed by atoms with van der Waals surface area (Å²) in [6, 6.07) is 21.4. The average molecular weight is 503 g/mol. The molecule has 3 aromatic rings. The van der Waals surface area contributed by atoms with Crippen molar-refractivity contribution in [2.45, 2.75) is 41.5 Å². The topological polar surface area (TPSA) is 0 Å². The molecule has 4 rings (SSSR count). The van der Waals surface area contributed by atoms with Crippen LogP contribution in [-0.4, -0.2) is 0 Å². The zero-order valence-corrected chi connectivity index (χ0v) is 22.0. The summed E-state index contributed by atoms with van der Waals surface area (Å²) in [5.74, 6) is 0. The van der Waals surface area contributed by atoms with Gasteiger partial charge in [0.25, 0.3) is 0 Å². The molecule has 0 nitrogen and oxygen atoms in total. The molecule has 0 fully saturated rings. The van der Waals surface area contributed by atoms with Gasteiger partial charge in [-0.05, 0) is 0 Å². The van der Waals surface area contributed by atoms with Crippen molar-refractivity contribution >= 4 is 10.8 Å². The van der Waals surface area contributed by atoms with Gasteiger partial charge in [0.05, 0.1) is 0 Å². The van der Waals surface area contributed by atoms with Crippen LogP contribution in [0.15, 0.2) is 77.4 Å². The molecule has 0 aliphatic heterocycles. The second-order valence-corrected chi connectivity index (χ2v) is 7.76. The Balaban J connectivity index is 0.000000535. The molecule has 1 aliphatic rings. The maximum atomic E-state index is 3.44. The Hall–Kier alpha value is -1.01. The van der Waals surface area contributed by atoms with E-state index in [2.05, 4.69) is 108 Å². The summed E-state index contributed by atoms with van der Waals surface area (Å²) in [7, 11) is 0. The van der Waals surface area contributed by atoms with E-state index in [1.54, 1.807) is 0 Å². The molecule has 152 valence electrons. The third-order valence-electron chi connectivity index (χ3n) is 5.72. The van der Waals surface area contributed by atoms with Crippen molar-refractivity contribution in [1.29, 1.82) is 0 Å². The van der Waals surface area contributed by atoms with Gasteiger partial charge in [-0.15, -0.1) is 41.0 Å². The fourth-order valence-electron chi connectivity index (χ4n) is 3.70. The first kappa shape index (κ1) is 28.0. The van der Waals surface area contributed by atoms with Gasteiger partial charge in [-0.25, -0.2) is 5.57 Å². The van der Waals surface area contributed by atoms with E-state index in [0.717, 1.165) is 0 Å². The van der Waals surface area contributed by atoms with Crippen molar-refractivity contribution < 1.29 is 51.0 Å². The van der Waals surface area contributed by atoms with Crippen LogP contribution in [0.1, 0.15) is 40.2 Å². The SMILES string of the molecule is CC1=[C-]C(C)(C)C(C)=C1C.C[c-]1c(-c2ccccc2)cc2ccccc21.[Cl-].[Cl-].[Zr+2]. The number of halogens is 2. The molecule has 1 aliphatic carbocycles. The second-order valence-electron chi connectivity index (χ2n) is 7.76. The van der Waals surface area contributed by atoms with Crippen molar-refractivity contribution in [2.75, 3.05) is 0 Å². The predicted molar refractivity (Wildman–Crippen MR) is 114 cm³/mol. The number of hydrogen-bond donors (Lipinski definition) is 0. The first-order valence-corrected chi connectivity index (χ1v) is 9.32. The number of hydrogen-bond acceptors (Lipinski definition) is 0. The Morgan fingerprint density at radius 1 is 0.828 bits per heavy atom. The summed E-state index contributed by atoms with van der Waals surface area (Å²) in [5, 5.41) is 2.69. The summed E-state index contributed by atoms with van der Waals surface area (Å²) >= 11 is 0. The fourth-order valence-corrected chi connectivity index (χ4v) is 3.70. The summed E-state index contributed by atoms with van der Waals surface area (Å²) in [6.45, 7) is 13.1. The summed E-state index contributed by atoms with van der Waals surface area (Å²) in [6.07, 6.45) is 3.44. The maximum absolute atomic E-state index is 3.44. The summed E-state index contributed by atoms with van der Waals surface area (Å²) < 4.78 is 0. The molecule has 29 heavy (non-hydrogen) atoms. The fraction of sp³-hybridized carbons (Fsp3) is 0.269. The summed E-state index contributed by atoms with van der Waals surface area (Å²) in [4.78, 5) is 0. The van der Waals surface area contributed by atoms with Crippen LogP contribution in [-0.2, 0) is 26.2 Å². The zero-order chi connectivity index (χ0) is 18.9. The van der Waals surface area contributed by atoms with Crippen LogP contribution in [0.25, 0.3) is 21.9 Å². The molecule has 0 bridgehead atoms. The van der Waals surface area contributed by atoms with E-state index in [9.17, 15) is 0 Å². The molecule has 0 aromatic heterocycles. The molecule has 3 aromatic carbocycles. The van der Waals surface area contributed by atoms with Crippen LogP contribution in [0, 0.1) is 18.4 Å². The molecule has 0 amide bonds. The van der Waals surface area contributed by atoms with Gasteiger partial charge in [0, 0.05) is 0 Å². The van der Waals surface area contributed by atoms with Gasteiger partial charge in [0.1, 0.15) is 0 Å². The van der Waals surface area contributed by atoms with Gasteiger partial charge in [-0.2, -0.15) is 11.1 Å². The van der Waals surface area contributed by atoms with E-state index in [0.29, 0.717) is 0 Å². The Kier molecular flexibility index (Phi) is 11.0. The van der Waals surface area contributed by atoms with Gasteiger partial charge in [0.15, 0.2) is 0 Å². The minimum Gasteiger partial charge on any atom is -1.00 e. The summed E-state index contributed by atoms with van der Waals surface area (Å²) in [5.41, 5.74) is 8.42. The quantitative estimate of drug-likeness (QED) is 0.444. The number of benzene rings is 2. The van der Waals surface area contributed by atoms with Crippen LogP contribution in [0.5, 0.6) is 0 Å². The van der Waals surface area contributed by atoms with Crippen LogP contribution in [0.3, 0.4) is 0 Å². The molecule has 0 spiro atoms. The van der Waals surface area contributed by atoms with Gasteiger partial charge in [-0.3, -0.25) is 6.08 Å². The van der Waals surface area contributed by atoms with Crippen molar-refractivity contribution in [3.8, 4) is 11.1 Å². The van der Waals surface area contributed by atoms with Crippen LogP contribution in [0.4, 0.5) is 0 Å². The van der Waals surface area contributed by atoms with Crippen molar-refractivity contribution in [3.05, 3.63) is 89.0 Å². The first-order chi connectivity index (χ1) is 12.3. The van der Waals surface area contributed by atoms with Crippen LogP contribution in [0.2, 0.25) is 0 Å². The van der Waals surface area contributed by atoms with Crippen LogP contribution < -0.4 is 24.8 Å². The Morgan fingerprint density at radius 2 is 1.38 bits per heavy atom. The molecule has 0 unspecified atom stereocenters. The average Bonchev–Trinajstić information content (AvgIpc) is 3.06. The minimum atomic E-state index is 0. The van der Waals surface area contributed by atoms with Gasteiger partial charge in [-0.1, -0.05) is 94.1 Å². The van der Waals surface area contributed by atoms with E-state index in [4.69, 9.17) is 0 Å². The Bertz CT molecular complexity index is 992. The smallest absolute Gasteiger partial charge is 1.00 e. The molecule has 0 saturated heterocycles. The standard InChI is InChI=1S/C16H13.C10H15.2ClH.Zr/c1-12-15-10-6-5-9-14(15)11-16(12)13-7-3-2-4-8-13;1-7-6-10(4,5)9(3)8(7)2;;;/h2-11H,1H3;1-5H3;2*1H;/q2*-1;;;+2/p-2. The Morgan fingerprint density at radius 3 is 1.83 bits per heavy atom. The molecular formula is C26H28Cl2Zr-2. The van der Waals surface area contributed by atoms with Gasteiger partial charge in [0.2, 0.25) is 0 Å². The molecule has 3 heteroatoms. The molecule has 0 saturated carbocycles. The predicted octanol–water partition coefficient (Wildman–Crippen LogP) is 1.65. The third-order valence-corrected chi connectivity index (χ3v) is 5.72. The van der Waals surface area contributed by atoms with Crippen molar-refractivity contribution in [3.63, 3.8) is 0 Å². The monoisotopic (exact) mass is 500 g/mol. The molecule has 0 heterocycles. The number of rotatable bonds is 1. The molecule has 0 radical (unpaired) electrons. The second kappa shape index (κ2) is 11.4. The van der Waals surface area contributed by atoms with Crippen molar-refractivity contribution in [2.24, 2.45) is 5.41 Å². The molecule has 0 N–H and O–H groups in total. The van der Waals surface area contributed by atoms with Gasteiger partial charge >= 0.3 is 26.2 Å². The number of fused-ring (bicyclic) bond motifs is 1. The zero-order valence-electron chi connectivity index (χ0n) is 18.0. The van der Waals surface area contributed by atoms with Crippen molar-refractivity contribution in [1.82, 2.24) is 0 Å². The van der Waals surface area contributed by atoms with E-state index in [1.165, 1.54) is 44.2 Å². The Labute approximate surface area is 207 Å². The molecular weight excluding hydrogens is 474 g/mol.